The second-order valence-electron chi connectivity index (χ2n) is 8.48. The first-order chi connectivity index (χ1) is 14.8. The average Bonchev–Trinajstić information content (AvgIpc) is 3.02. The van der Waals surface area contributed by atoms with Crippen molar-refractivity contribution in [2.75, 3.05) is 13.2 Å². The number of nitrogens with zero attached hydrogens (tertiary/aromatic N) is 1. The third kappa shape index (κ3) is 5.21. The zero-order valence-electron chi connectivity index (χ0n) is 18.3. The van der Waals surface area contributed by atoms with Gasteiger partial charge < -0.3 is 10.1 Å². The summed E-state index contributed by atoms with van der Waals surface area (Å²) in [5.74, 6) is -2.17. The van der Waals surface area contributed by atoms with Crippen molar-refractivity contribution in [1.29, 1.82) is 0 Å². The SMILES string of the molecule is CC(C)c1ccc(CCNC(=O)COC(=O)[C@H](C)N2C(=O)[C@H]3CC=CC[C@H]3C2=O)cc1. The lowest BCUT2D eigenvalue weighted by atomic mass is 9.85. The number of carbonyl (C=O) groups excluding carboxylic acids is 4. The molecule has 0 spiro atoms. The molecule has 0 radical (unpaired) electrons. The van der Waals surface area contributed by atoms with Gasteiger partial charge in [-0.15, -0.1) is 0 Å². The number of fused-ring (bicyclic) bond motifs is 1. The zero-order valence-corrected chi connectivity index (χ0v) is 18.3. The quantitative estimate of drug-likeness (QED) is 0.391. The molecule has 1 saturated heterocycles. The van der Waals surface area contributed by atoms with Gasteiger partial charge in [-0.2, -0.15) is 0 Å². The first-order valence-corrected chi connectivity index (χ1v) is 10.8. The van der Waals surface area contributed by atoms with Crippen molar-refractivity contribution in [2.24, 2.45) is 11.8 Å². The second kappa shape index (κ2) is 9.90. The van der Waals surface area contributed by atoms with Gasteiger partial charge in [0.25, 0.3) is 5.91 Å². The van der Waals surface area contributed by atoms with E-state index in [0.29, 0.717) is 31.7 Å². The van der Waals surface area contributed by atoms with Crippen LogP contribution < -0.4 is 5.32 Å². The number of benzene rings is 1. The molecule has 0 bridgehead atoms. The van der Waals surface area contributed by atoms with Gasteiger partial charge in [0.15, 0.2) is 6.61 Å². The summed E-state index contributed by atoms with van der Waals surface area (Å²) in [6, 6.07) is 7.20. The van der Waals surface area contributed by atoms with E-state index in [0.717, 1.165) is 10.5 Å². The van der Waals surface area contributed by atoms with E-state index in [1.165, 1.54) is 12.5 Å². The molecule has 1 fully saturated rings. The van der Waals surface area contributed by atoms with E-state index in [-0.39, 0.29) is 11.8 Å². The summed E-state index contributed by atoms with van der Waals surface area (Å²) in [5, 5.41) is 2.72. The van der Waals surface area contributed by atoms with Crippen molar-refractivity contribution in [3.63, 3.8) is 0 Å². The third-order valence-electron chi connectivity index (χ3n) is 6.00. The zero-order chi connectivity index (χ0) is 22.5. The summed E-state index contributed by atoms with van der Waals surface area (Å²) < 4.78 is 5.06. The van der Waals surface area contributed by atoms with Crippen molar-refractivity contribution < 1.29 is 23.9 Å². The molecule has 3 amide bonds. The molecule has 7 heteroatoms. The highest BCUT2D eigenvalue weighted by Crippen LogP contribution is 2.36. The number of imide groups is 1. The minimum absolute atomic E-state index is 0.336. The Labute approximate surface area is 182 Å². The summed E-state index contributed by atoms with van der Waals surface area (Å²) in [7, 11) is 0. The van der Waals surface area contributed by atoms with Crippen LogP contribution in [0.3, 0.4) is 0 Å². The molecular weight excluding hydrogens is 396 g/mol. The van der Waals surface area contributed by atoms with Gasteiger partial charge in [0.05, 0.1) is 11.8 Å². The van der Waals surface area contributed by atoms with E-state index in [1.54, 1.807) is 0 Å². The highest BCUT2D eigenvalue weighted by molar-refractivity contribution is 6.08. The Bertz CT molecular complexity index is 848. The molecule has 1 heterocycles. The Morgan fingerprint density at radius 3 is 2.16 bits per heavy atom. The summed E-state index contributed by atoms with van der Waals surface area (Å²) in [6.45, 7) is 5.71. The third-order valence-corrected chi connectivity index (χ3v) is 6.00. The molecule has 0 unspecified atom stereocenters. The summed E-state index contributed by atoms with van der Waals surface area (Å²) in [4.78, 5) is 50.5. The van der Waals surface area contributed by atoms with Crippen molar-refractivity contribution in [3.8, 4) is 0 Å². The normalized spacial score (nSPS) is 21.2. The van der Waals surface area contributed by atoms with Crippen LogP contribution in [-0.4, -0.2) is 47.8 Å². The molecule has 3 rings (SSSR count). The van der Waals surface area contributed by atoms with Gasteiger partial charge in [-0.3, -0.25) is 19.3 Å². The number of carbonyl (C=O) groups is 4. The molecule has 1 aromatic rings. The molecule has 3 atom stereocenters. The Hall–Kier alpha value is -2.96. The maximum Gasteiger partial charge on any atom is 0.329 e. The number of esters is 1. The fourth-order valence-electron chi connectivity index (χ4n) is 4.04. The number of ether oxygens (including phenoxy) is 1. The molecule has 1 N–H and O–H groups in total. The number of allylic oxidation sites excluding steroid dienone is 2. The molecule has 0 aromatic heterocycles. The number of hydrogen-bond donors (Lipinski definition) is 1. The van der Waals surface area contributed by atoms with E-state index < -0.39 is 36.4 Å². The molecule has 0 saturated carbocycles. The van der Waals surface area contributed by atoms with Crippen LogP contribution in [0.1, 0.15) is 50.7 Å². The maximum absolute atomic E-state index is 12.6. The number of hydrogen-bond acceptors (Lipinski definition) is 5. The van der Waals surface area contributed by atoms with Gasteiger partial charge >= 0.3 is 5.97 Å². The van der Waals surface area contributed by atoms with Gasteiger partial charge in [0, 0.05) is 6.54 Å². The minimum Gasteiger partial charge on any atom is -0.454 e. The van der Waals surface area contributed by atoms with Gasteiger partial charge in [-0.05, 0) is 43.2 Å². The second-order valence-corrected chi connectivity index (χ2v) is 8.48. The predicted octanol–water partition coefficient (Wildman–Crippen LogP) is 2.35. The van der Waals surface area contributed by atoms with Crippen LogP contribution in [0.25, 0.3) is 0 Å². The maximum atomic E-state index is 12.6. The van der Waals surface area contributed by atoms with Crippen LogP contribution in [-0.2, 0) is 30.3 Å². The molecule has 31 heavy (non-hydrogen) atoms. The molecule has 7 nitrogen and oxygen atoms in total. The Morgan fingerprint density at radius 1 is 1.03 bits per heavy atom. The van der Waals surface area contributed by atoms with Crippen molar-refractivity contribution in [3.05, 3.63) is 47.5 Å². The molecular formula is C24H30N2O5. The van der Waals surface area contributed by atoms with Crippen LogP contribution in [0.2, 0.25) is 0 Å². The van der Waals surface area contributed by atoms with Crippen LogP contribution >= 0.6 is 0 Å². The Kier molecular flexibility index (Phi) is 7.25. The van der Waals surface area contributed by atoms with Gasteiger partial charge in [-0.1, -0.05) is 50.3 Å². The van der Waals surface area contributed by atoms with E-state index >= 15 is 0 Å². The van der Waals surface area contributed by atoms with E-state index in [9.17, 15) is 19.2 Å². The number of nitrogens with one attached hydrogen (secondary N) is 1. The molecule has 1 aliphatic heterocycles. The topological polar surface area (TPSA) is 92.8 Å². The lowest BCUT2D eigenvalue weighted by Crippen LogP contribution is -2.45. The molecule has 2 aliphatic rings. The average molecular weight is 427 g/mol. The van der Waals surface area contributed by atoms with Crippen LogP contribution in [0.5, 0.6) is 0 Å². The Balaban J connectivity index is 1.42. The summed E-state index contributed by atoms with van der Waals surface area (Å²) >= 11 is 0. The minimum atomic E-state index is -1.04. The number of rotatable bonds is 8. The molecule has 166 valence electrons. The lowest BCUT2D eigenvalue weighted by Gasteiger charge is -2.21. The predicted molar refractivity (Wildman–Crippen MR) is 115 cm³/mol. The summed E-state index contributed by atoms with van der Waals surface area (Å²) in [5.41, 5.74) is 2.37. The van der Waals surface area contributed by atoms with Crippen LogP contribution in [0.4, 0.5) is 0 Å². The van der Waals surface area contributed by atoms with Gasteiger partial charge in [-0.25, -0.2) is 4.79 Å². The summed E-state index contributed by atoms with van der Waals surface area (Å²) in [6.07, 6.45) is 5.47. The first-order valence-electron chi connectivity index (χ1n) is 10.8. The van der Waals surface area contributed by atoms with Gasteiger partial charge in [0.2, 0.25) is 11.8 Å². The van der Waals surface area contributed by atoms with Crippen LogP contribution in [0, 0.1) is 11.8 Å². The van der Waals surface area contributed by atoms with E-state index in [1.807, 2.05) is 24.3 Å². The number of amides is 3. The van der Waals surface area contributed by atoms with Crippen molar-refractivity contribution in [2.45, 2.75) is 52.0 Å². The highest BCUT2D eigenvalue weighted by Gasteiger charge is 2.50. The number of likely N-dealkylation sites (tertiary alicyclic amines) is 1. The van der Waals surface area contributed by atoms with Crippen LogP contribution in [0.15, 0.2) is 36.4 Å². The molecule has 1 aliphatic carbocycles. The fraction of sp³-hybridized carbons (Fsp3) is 0.500. The largest absolute Gasteiger partial charge is 0.454 e. The highest BCUT2D eigenvalue weighted by atomic mass is 16.5. The van der Waals surface area contributed by atoms with E-state index in [2.05, 4.69) is 31.3 Å². The fourth-order valence-corrected chi connectivity index (χ4v) is 4.04. The lowest BCUT2D eigenvalue weighted by molar-refractivity contribution is -0.159. The first kappa shape index (κ1) is 22.7. The van der Waals surface area contributed by atoms with E-state index in [4.69, 9.17) is 4.74 Å². The smallest absolute Gasteiger partial charge is 0.329 e. The van der Waals surface area contributed by atoms with Crippen molar-refractivity contribution in [1.82, 2.24) is 10.2 Å². The van der Waals surface area contributed by atoms with Crippen molar-refractivity contribution >= 4 is 23.7 Å². The van der Waals surface area contributed by atoms with Gasteiger partial charge in [0.1, 0.15) is 6.04 Å². The Morgan fingerprint density at radius 2 is 1.61 bits per heavy atom. The monoisotopic (exact) mass is 426 g/mol. The standard InChI is InChI=1S/C24H30N2O5/c1-15(2)18-10-8-17(9-11-18)12-13-25-21(27)14-31-24(30)16(3)26-22(28)19-6-4-5-7-20(19)23(26)29/h4-5,8-11,15-16,19-20H,6-7,12-14H2,1-3H3,(H,25,27)/t16-,19-,20+/m0/s1. The molecule has 1 aromatic carbocycles.